The van der Waals surface area contributed by atoms with Crippen molar-refractivity contribution < 1.29 is 14.6 Å². The Hall–Kier alpha value is -2.37. The van der Waals surface area contributed by atoms with Crippen LogP contribution in [0.25, 0.3) is 0 Å². The van der Waals surface area contributed by atoms with Crippen molar-refractivity contribution in [2.24, 2.45) is 0 Å². The first-order chi connectivity index (χ1) is 11.7. The van der Waals surface area contributed by atoms with E-state index in [9.17, 15) is 4.79 Å². The number of carboxylic acid groups (broad SMARTS) is 1. The van der Waals surface area contributed by atoms with Crippen molar-refractivity contribution in [2.45, 2.75) is 6.54 Å². The quantitative estimate of drug-likeness (QED) is 0.884. The Morgan fingerprint density at radius 1 is 0.958 bits per heavy atom. The molecule has 0 radical (unpaired) electrons. The molecule has 0 unspecified atom stereocenters. The largest absolute Gasteiger partial charge is 0.478 e. The summed E-state index contributed by atoms with van der Waals surface area (Å²) in [4.78, 5) is 15.7. The number of hydrogen-bond donors (Lipinski definition) is 1. The normalized spacial score (nSPS) is 16.0. The van der Waals surface area contributed by atoms with Crippen LogP contribution in [0, 0.1) is 0 Å². The highest BCUT2D eigenvalue weighted by atomic mass is 16.5. The molecule has 0 bridgehead atoms. The molecule has 126 valence electrons. The lowest BCUT2D eigenvalue weighted by molar-refractivity contribution is 0.0629. The van der Waals surface area contributed by atoms with E-state index in [1.807, 2.05) is 6.07 Å². The molecule has 1 heterocycles. The average molecular weight is 326 g/mol. The third-order valence-corrected chi connectivity index (χ3v) is 4.21. The van der Waals surface area contributed by atoms with Gasteiger partial charge in [0.2, 0.25) is 0 Å². The van der Waals surface area contributed by atoms with Crippen molar-refractivity contribution in [3.05, 3.63) is 65.7 Å². The van der Waals surface area contributed by atoms with Crippen molar-refractivity contribution in [1.29, 1.82) is 0 Å². The number of ether oxygens (including phenoxy) is 1. The maximum Gasteiger partial charge on any atom is 0.335 e. The van der Waals surface area contributed by atoms with Gasteiger partial charge >= 0.3 is 5.97 Å². The molecule has 24 heavy (non-hydrogen) atoms. The molecule has 5 heteroatoms. The smallest absolute Gasteiger partial charge is 0.335 e. The van der Waals surface area contributed by atoms with E-state index in [0.717, 1.165) is 32.7 Å². The molecule has 1 saturated heterocycles. The SMILES string of the molecule is O=C(O)c1cccc(OCN2CCN(Cc3ccccc3)CC2)c1. The van der Waals surface area contributed by atoms with Crippen molar-refractivity contribution in [1.82, 2.24) is 9.80 Å². The van der Waals surface area contributed by atoms with Crippen molar-refractivity contribution in [3.8, 4) is 5.75 Å². The lowest BCUT2D eigenvalue weighted by Gasteiger charge is -2.34. The molecule has 1 fully saturated rings. The maximum absolute atomic E-state index is 11.0. The molecular weight excluding hydrogens is 304 g/mol. The van der Waals surface area contributed by atoms with Crippen LogP contribution >= 0.6 is 0 Å². The van der Waals surface area contributed by atoms with Crippen LogP contribution in [-0.2, 0) is 6.54 Å². The Bertz CT molecular complexity index is 667. The summed E-state index contributed by atoms with van der Waals surface area (Å²) in [5.41, 5.74) is 1.59. The minimum Gasteiger partial charge on any atom is -0.478 e. The number of nitrogens with zero attached hydrogens (tertiary/aromatic N) is 2. The number of piperazine rings is 1. The number of rotatable bonds is 6. The predicted octanol–water partition coefficient (Wildman–Crippen LogP) is 2.54. The monoisotopic (exact) mass is 326 g/mol. The van der Waals surface area contributed by atoms with Gasteiger partial charge in [0.05, 0.1) is 5.56 Å². The Morgan fingerprint density at radius 3 is 2.38 bits per heavy atom. The van der Waals surface area contributed by atoms with E-state index < -0.39 is 5.97 Å². The van der Waals surface area contributed by atoms with E-state index in [1.165, 1.54) is 5.56 Å². The fourth-order valence-electron chi connectivity index (χ4n) is 2.80. The number of hydrogen-bond acceptors (Lipinski definition) is 4. The summed E-state index contributed by atoms with van der Waals surface area (Å²) in [6, 6.07) is 17.1. The molecule has 0 spiro atoms. The predicted molar refractivity (Wildman–Crippen MR) is 92.2 cm³/mol. The second-order valence-corrected chi connectivity index (χ2v) is 5.99. The van der Waals surface area contributed by atoms with Gasteiger partial charge in [-0.3, -0.25) is 9.80 Å². The van der Waals surface area contributed by atoms with Gasteiger partial charge < -0.3 is 9.84 Å². The zero-order chi connectivity index (χ0) is 16.8. The minimum atomic E-state index is -0.935. The summed E-state index contributed by atoms with van der Waals surface area (Å²) < 4.78 is 5.73. The summed E-state index contributed by atoms with van der Waals surface area (Å²) in [5.74, 6) is -0.336. The van der Waals surface area contributed by atoms with Gasteiger partial charge in [-0.1, -0.05) is 36.4 Å². The summed E-state index contributed by atoms with van der Waals surface area (Å²) in [5, 5.41) is 9.00. The Labute approximate surface area is 142 Å². The Kier molecular flexibility index (Phi) is 5.46. The fourth-order valence-corrected chi connectivity index (χ4v) is 2.80. The van der Waals surface area contributed by atoms with Crippen LogP contribution in [0.15, 0.2) is 54.6 Å². The maximum atomic E-state index is 11.0. The first kappa shape index (κ1) is 16.5. The van der Waals surface area contributed by atoms with Gasteiger partial charge in [-0.25, -0.2) is 4.79 Å². The second kappa shape index (κ2) is 7.95. The van der Waals surface area contributed by atoms with E-state index in [4.69, 9.17) is 9.84 Å². The van der Waals surface area contributed by atoms with Crippen LogP contribution in [0.1, 0.15) is 15.9 Å². The van der Waals surface area contributed by atoms with E-state index in [0.29, 0.717) is 12.5 Å². The van der Waals surface area contributed by atoms with Crippen LogP contribution in [0.2, 0.25) is 0 Å². The van der Waals surface area contributed by atoms with Crippen molar-refractivity contribution in [3.63, 3.8) is 0 Å². The van der Waals surface area contributed by atoms with Gasteiger partial charge in [-0.15, -0.1) is 0 Å². The molecule has 2 aromatic carbocycles. The summed E-state index contributed by atoms with van der Waals surface area (Å²) in [6.45, 7) is 5.39. The van der Waals surface area contributed by atoms with E-state index in [2.05, 4.69) is 34.1 Å². The number of carbonyl (C=O) groups is 1. The molecule has 0 atom stereocenters. The Balaban J connectivity index is 1.44. The number of aromatic carboxylic acids is 1. The average Bonchev–Trinajstić information content (AvgIpc) is 2.62. The van der Waals surface area contributed by atoms with Gasteiger partial charge in [0.25, 0.3) is 0 Å². The van der Waals surface area contributed by atoms with Gasteiger partial charge in [-0.2, -0.15) is 0 Å². The van der Waals surface area contributed by atoms with E-state index in [1.54, 1.807) is 24.3 Å². The van der Waals surface area contributed by atoms with Gasteiger partial charge in [-0.05, 0) is 23.8 Å². The van der Waals surface area contributed by atoms with E-state index in [-0.39, 0.29) is 5.56 Å². The number of benzene rings is 2. The molecule has 0 amide bonds. The number of carboxylic acids is 1. The van der Waals surface area contributed by atoms with Crippen molar-refractivity contribution >= 4 is 5.97 Å². The zero-order valence-corrected chi connectivity index (χ0v) is 13.6. The first-order valence-electron chi connectivity index (χ1n) is 8.15. The molecule has 5 nitrogen and oxygen atoms in total. The van der Waals surface area contributed by atoms with Crippen LogP contribution in [0.4, 0.5) is 0 Å². The highest BCUT2D eigenvalue weighted by molar-refractivity contribution is 5.87. The lowest BCUT2D eigenvalue weighted by Crippen LogP contribution is -2.47. The fraction of sp³-hybridized carbons (Fsp3) is 0.316. The second-order valence-electron chi connectivity index (χ2n) is 5.99. The van der Waals surface area contributed by atoms with Gasteiger partial charge in [0, 0.05) is 32.7 Å². The Morgan fingerprint density at radius 2 is 1.67 bits per heavy atom. The third kappa shape index (κ3) is 4.57. The molecule has 3 rings (SSSR count). The van der Waals surface area contributed by atoms with Crippen LogP contribution in [0.3, 0.4) is 0 Å². The van der Waals surface area contributed by atoms with Crippen molar-refractivity contribution in [2.75, 3.05) is 32.9 Å². The van der Waals surface area contributed by atoms with Crippen LogP contribution < -0.4 is 4.74 Å². The molecule has 0 aliphatic carbocycles. The van der Waals surface area contributed by atoms with Crippen LogP contribution in [0.5, 0.6) is 5.75 Å². The van der Waals surface area contributed by atoms with Gasteiger partial charge in [0.1, 0.15) is 12.5 Å². The molecular formula is C19H22N2O3. The molecule has 1 aliphatic rings. The highest BCUT2D eigenvalue weighted by Crippen LogP contribution is 2.14. The lowest BCUT2D eigenvalue weighted by atomic mass is 10.2. The first-order valence-corrected chi connectivity index (χ1v) is 8.15. The third-order valence-electron chi connectivity index (χ3n) is 4.21. The minimum absolute atomic E-state index is 0.250. The molecule has 0 aromatic heterocycles. The van der Waals surface area contributed by atoms with Crippen LogP contribution in [-0.4, -0.2) is 53.8 Å². The standard InChI is InChI=1S/C19H22N2O3/c22-19(23)17-7-4-8-18(13-17)24-15-21-11-9-20(10-12-21)14-16-5-2-1-3-6-16/h1-8,13H,9-12,14-15H2,(H,22,23). The van der Waals surface area contributed by atoms with E-state index >= 15 is 0 Å². The molecule has 2 aromatic rings. The topological polar surface area (TPSA) is 53.0 Å². The molecule has 1 N–H and O–H groups in total. The zero-order valence-electron chi connectivity index (χ0n) is 13.6. The summed E-state index contributed by atoms with van der Waals surface area (Å²) >= 11 is 0. The molecule has 1 aliphatic heterocycles. The highest BCUT2D eigenvalue weighted by Gasteiger charge is 2.17. The summed E-state index contributed by atoms with van der Waals surface area (Å²) in [7, 11) is 0. The molecule has 0 saturated carbocycles. The van der Waals surface area contributed by atoms with Gasteiger partial charge in [0.15, 0.2) is 0 Å². The summed E-state index contributed by atoms with van der Waals surface area (Å²) in [6.07, 6.45) is 0.